The first-order valence-electron chi connectivity index (χ1n) is 6.15. The summed E-state index contributed by atoms with van der Waals surface area (Å²) in [5.74, 6) is 0.989. The molecule has 0 bridgehead atoms. The second-order valence-corrected chi connectivity index (χ2v) is 4.54. The van der Waals surface area contributed by atoms with Gasteiger partial charge in [-0.05, 0) is 38.1 Å². The number of rotatable bonds is 4. The molecule has 2 aromatic rings. The Morgan fingerprint density at radius 1 is 1.21 bits per heavy atom. The molecule has 1 atom stereocenters. The molecule has 0 aliphatic heterocycles. The fraction of sp³-hybridized carbons (Fsp3) is 0.267. The Morgan fingerprint density at radius 2 is 1.89 bits per heavy atom. The smallest absolute Gasteiger partial charge is 0.251 e. The minimum absolute atomic E-state index is 0.125. The van der Waals surface area contributed by atoms with Crippen LogP contribution in [0.4, 0.5) is 0 Å². The highest BCUT2D eigenvalue weighted by atomic mass is 16.4. The number of hydrogen-bond donors (Lipinski definition) is 2. The lowest BCUT2D eigenvalue weighted by atomic mass is 10.1. The van der Waals surface area contributed by atoms with E-state index >= 15 is 0 Å². The van der Waals surface area contributed by atoms with Crippen molar-refractivity contribution in [1.82, 2.24) is 5.32 Å². The number of furan rings is 1. The van der Waals surface area contributed by atoms with Crippen molar-refractivity contribution in [1.29, 1.82) is 0 Å². The molecule has 2 N–H and O–H groups in total. The average Bonchev–Trinajstić information content (AvgIpc) is 2.83. The first kappa shape index (κ1) is 13.4. The fourth-order valence-corrected chi connectivity index (χ4v) is 1.73. The van der Waals surface area contributed by atoms with Crippen molar-refractivity contribution in [2.45, 2.75) is 20.0 Å². The molecule has 1 aromatic carbocycles. The number of nitrogens with one attached hydrogen (secondary N) is 1. The Kier molecular flexibility index (Phi) is 4.02. The van der Waals surface area contributed by atoms with Crippen molar-refractivity contribution in [2.24, 2.45) is 0 Å². The SMILES string of the molecule is Cc1ccc(C(=O)NCC(O)c2ccc(C)o2)cc1. The third-order valence-electron chi connectivity index (χ3n) is 2.86. The molecule has 19 heavy (non-hydrogen) atoms. The van der Waals surface area contributed by atoms with E-state index in [1.165, 1.54) is 0 Å². The molecule has 0 saturated heterocycles. The molecule has 1 heterocycles. The van der Waals surface area contributed by atoms with Crippen LogP contribution in [0.1, 0.15) is 33.5 Å². The summed E-state index contributed by atoms with van der Waals surface area (Å²) in [6.07, 6.45) is -0.830. The largest absolute Gasteiger partial charge is 0.464 e. The van der Waals surface area contributed by atoms with Crippen LogP contribution in [0, 0.1) is 13.8 Å². The summed E-state index contributed by atoms with van der Waals surface area (Å²) in [6, 6.07) is 10.8. The zero-order valence-corrected chi connectivity index (χ0v) is 11.0. The van der Waals surface area contributed by atoms with Crippen molar-refractivity contribution >= 4 is 5.91 Å². The number of aliphatic hydroxyl groups is 1. The van der Waals surface area contributed by atoms with Crippen LogP contribution in [0.15, 0.2) is 40.8 Å². The minimum Gasteiger partial charge on any atom is -0.464 e. The summed E-state index contributed by atoms with van der Waals surface area (Å²) in [5.41, 5.74) is 1.68. The molecule has 2 rings (SSSR count). The molecule has 1 aromatic heterocycles. The highest BCUT2D eigenvalue weighted by molar-refractivity contribution is 5.94. The molecule has 0 saturated carbocycles. The van der Waals surface area contributed by atoms with E-state index in [1.807, 2.05) is 19.1 Å². The van der Waals surface area contributed by atoms with Gasteiger partial charge < -0.3 is 14.8 Å². The second kappa shape index (κ2) is 5.71. The summed E-state index contributed by atoms with van der Waals surface area (Å²) >= 11 is 0. The predicted molar refractivity (Wildman–Crippen MR) is 71.9 cm³/mol. The van der Waals surface area contributed by atoms with Gasteiger partial charge in [0.1, 0.15) is 17.6 Å². The van der Waals surface area contributed by atoms with Gasteiger partial charge in [-0.15, -0.1) is 0 Å². The van der Waals surface area contributed by atoms with E-state index in [-0.39, 0.29) is 12.5 Å². The zero-order chi connectivity index (χ0) is 13.8. The van der Waals surface area contributed by atoms with E-state index in [4.69, 9.17) is 4.42 Å². The Morgan fingerprint density at radius 3 is 2.47 bits per heavy atom. The summed E-state index contributed by atoms with van der Waals surface area (Å²) in [7, 11) is 0. The predicted octanol–water partition coefficient (Wildman–Crippen LogP) is 2.36. The van der Waals surface area contributed by atoms with Crippen LogP contribution in [0.5, 0.6) is 0 Å². The lowest BCUT2D eigenvalue weighted by Crippen LogP contribution is -2.28. The molecule has 0 aliphatic rings. The minimum atomic E-state index is -0.830. The third-order valence-corrected chi connectivity index (χ3v) is 2.86. The van der Waals surface area contributed by atoms with Gasteiger partial charge in [0.25, 0.3) is 5.91 Å². The van der Waals surface area contributed by atoms with Gasteiger partial charge in [-0.3, -0.25) is 4.79 Å². The van der Waals surface area contributed by atoms with Gasteiger partial charge >= 0.3 is 0 Å². The van der Waals surface area contributed by atoms with Gasteiger partial charge in [-0.1, -0.05) is 17.7 Å². The fourth-order valence-electron chi connectivity index (χ4n) is 1.73. The highest BCUT2D eigenvalue weighted by Gasteiger charge is 2.13. The first-order valence-corrected chi connectivity index (χ1v) is 6.15. The monoisotopic (exact) mass is 259 g/mol. The molecule has 0 spiro atoms. The third kappa shape index (κ3) is 3.45. The van der Waals surface area contributed by atoms with E-state index in [2.05, 4.69) is 5.32 Å². The average molecular weight is 259 g/mol. The summed E-state index contributed by atoms with van der Waals surface area (Å²) in [6.45, 7) is 3.89. The number of aliphatic hydroxyl groups excluding tert-OH is 1. The number of aryl methyl sites for hydroxylation is 2. The molecular weight excluding hydrogens is 242 g/mol. The molecule has 0 aliphatic carbocycles. The van der Waals surface area contributed by atoms with E-state index in [0.717, 1.165) is 11.3 Å². The molecule has 1 unspecified atom stereocenters. The first-order chi connectivity index (χ1) is 9.06. The molecule has 0 radical (unpaired) electrons. The van der Waals surface area contributed by atoms with Crippen LogP contribution in [-0.4, -0.2) is 17.6 Å². The van der Waals surface area contributed by atoms with Gasteiger partial charge in [0, 0.05) is 5.56 Å². The maximum atomic E-state index is 11.8. The van der Waals surface area contributed by atoms with Crippen LogP contribution in [0.25, 0.3) is 0 Å². The number of carbonyl (C=O) groups excluding carboxylic acids is 1. The van der Waals surface area contributed by atoms with Crippen LogP contribution in [-0.2, 0) is 0 Å². The number of carbonyl (C=O) groups is 1. The highest BCUT2D eigenvalue weighted by Crippen LogP contribution is 2.15. The van der Waals surface area contributed by atoms with Crippen molar-refractivity contribution in [3.8, 4) is 0 Å². The Bertz CT molecular complexity index is 557. The van der Waals surface area contributed by atoms with Crippen LogP contribution in [0.3, 0.4) is 0 Å². The molecule has 4 nitrogen and oxygen atoms in total. The number of amides is 1. The topological polar surface area (TPSA) is 62.5 Å². The maximum absolute atomic E-state index is 11.8. The maximum Gasteiger partial charge on any atom is 0.251 e. The van der Waals surface area contributed by atoms with E-state index in [9.17, 15) is 9.90 Å². The van der Waals surface area contributed by atoms with E-state index < -0.39 is 6.10 Å². The Balaban J connectivity index is 1.91. The molecule has 1 amide bonds. The number of benzene rings is 1. The summed E-state index contributed by atoms with van der Waals surface area (Å²) < 4.78 is 5.30. The van der Waals surface area contributed by atoms with Gasteiger partial charge in [0.15, 0.2) is 0 Å². The van der Waals surface area contributed by atoms with Crippen LogP contribution >= 0.6 is 0 Å². The Labute approximate surface area is 112 Å². The van der Waals surface area contributed by atoms with E-state index in [0.29, 0.717) is 11.3 Å². The molecule has 4 heteroatoms. The van der Waals surface area contributed by atoms with Crippen LogP contribution < -0.4 is 5.32 Å². The van der Waals surface area contributed by atoms with Gasteiger partial charge in [-0.25, -0.2) is 0 Å². The van der Waals surface area contributed by atoms with Crippen molar-refractivity contribution in [3.63, 3.8) is 0 Å². The standard InChI is InChI=1S/C15H17NO3/c1-10-3-6-12(7-4-10)15(18)16-9-13(17)14-8-5-11(2)19-14/h3-8,13,17H,9H2,1-2H3,(H,16,18). The number of hydrogen-bond acceptors (Lipinski definition) is 3. The van der Waals surface area contributed by atoms with Gasteiger partial charge in [-0.2, -0.15) is 0 Å². The van der Waals surface area contributed by atoms with Gasteiger partial charge in [0.2, 0.25) is 0 Å². The summed E-state index contributed by atoms with van der Waals surface area (Å²) in [4.78, 5) is 11.8. The van der Waals surface area contributed by atoms with E-state index in [1.54, 1.807) is 31.2 Å². The van der Waals surface area contributed by atoms with Crippen molar-refractivity contribution in [2.75, 3.05) is 6.54 Å². The normalized spacial score (nSPS) is 12.2. The lowest BCUT2D eigenvalue weighted by molar-refractivity contribution is 0.0900. The van der Waals surface area contributed by atoms with Crippen molar-refractivity contribution in [3.05, 3.63) is 59.0 Å². The molecule has 0 fully saturated rings. The lowest BCUT2D eigenvalue weighted by Gasteiger charge is -2.09. The van der Waals surface area contributed by atoms with Gasteiger partial charge in [0.05, 0.1) is 6.54 Å². The van der Waals surface area contributed by atoms with Crippen molar-refractivity contribution < 1.29 is 14.3 Å². The van der Waals surface area contributed by atoms with Crippen LogP contribution in [0.2, 0.25) is 0 Å². The molecule has 100 valence electrons. The second-order valence-electron chi connectivity index (χ2n) is 4.54. The quantitative estimate of drug-likeness (QED) is 0.886. The zero-order valence-electron chi connectivity index (χ0n) is 11.0. The summed E-state index contributed by atoms with van der Waals surface area (Å²) in [5, 5.41) is 12.5. The Hall–Kier alpha value is -2.07. The molecular formula is C15H17NO3.